The molecule has 1 atom stereocenters. The molecule has 4 aromatic rings. The Morgan fingerprint density at radius 2 is 1.91 bits per heavy atom. The summed E-state index contributed by atoms with van der Waals surface area (Å²) in [6.45, 7) is 2.91. The van der Waals surface area contributed by atoms with Crippen LogP contribution < -0.4 is 0 Å². The zero-order valence-electron chi connectivity index (χ0n) is 17.2. The predicted octanol–water partition coefficient (Wildman–Crippen LogP) is 3.06. The van der Waals surface area contributed by atoms with Crippen LogP contribution in [-0.2, 0) is 6.54 Å². The molecule has 0 N–H and O–H groups in total. The summed E-state index contributed by atoms with van der Waals surface area (Å²) in [6.07, 6.45) is 1.50. The van der Waals surface area contributed by atoms with E-state index >= 15 is 0 Å². The predicted molar refractivity (Wildman–Crippen MR) is 116 cm³/mol. The lowest BCUT2D eigenvalue weighted by Crippen LogP contribution is -2.50. The number of hydrogen-bond acceptors (Lipinski definition) is 7. The summed E-state index contributed by atoms with van der Waals surface area (Å²) in [4.78, 5) is 17.8. The summed E-state index contributed by atoms with van der Waals surface area (Å²) in [5.74, 6) is 0.624. The molecule has 0 bridgehead atoms. The van der Waals surface area contributed by atoms with Crippen LogP contribution in [0.3, 0.4) is 0 Å². The highest BCUT2D eigenvalue weighted by molar-refractivity contribution is 7.09. The first kappa shape index (κ1) is 20.5. The average Bonchev–Trinajstić information content (AvgIpc) is 3.60. The molecule has 1 aromatic carbocycles. The van der Waals surface area contributed by atoms with Crippen molar-refractivity contribution >= 4 is 17.2 Å². The third-order valence-electron chi connectivity index (χ3n) is 5.57. The topological polar surface area (TPSA) is 80.3 Å². The Kier molecular flexibility index (Phi) is 5.78. The molecule has 1 saturated heterocycles. The Hall–Kier alpha value is -3.37. The van der Waals surface area contributed by atoms with Gasteiger partial charge in [0.05, 0.1) is 18.8 Å². The minimum Gasteiger partial charge on any atom is -0.459 e. The first-order chi connectivity index (χ1) is 15.7. The van der Waals surface area contributed by atoms with Crippen molar-refractivity contribution in [2.24, 2.45) is 0 Å². The van der Waals surface area contributed by atoms with Crippen molar-refractivity contribution in [3.63, 3.8) is 0 Å². The van der Waals surface area contributed by atoms with Crippen LogP contribution in [0.5, 0.6) is 0 Å². The van der Waals surface area contributed by atoms with Gasteiger partial charge in [-0.15, -0.1) is 16.4 Å². The number of nitrogens with zero attached hydrogens (tertiary/aromatic N) is 6. The van der Waals surface area contributed by atoms with Crippen molar-refractivity contribution in [3.8, 4) is 0 Å². The molecule has 8 nitrogen and oxygen atoms in total. The molecule has 4 heterocycles. The van der Waals surface area contributed by atoms with E-state index in [4.69, 9.17) is 4.42 Å². The van der Waals surface area contributed by atoms with Gasteiger partial charge in [0.15, 0.2) is 11.6 Å². The molecule has 0 unspecified atom stereocenters. The number of aromatic nitrogens is 4. The normalized spacial score (nSPS) is 15.7. The molecule has 1 aliphatic heterocycles. The SMILES string of the molecule is O=C(c1ccco1)N1CCN([C@H](c2ccc(F)cc2)c2nnnn2Cc2cccs2)CC1. The van der Waals surface area contributed by atoms with E-state index in [-0.39, 0.29) is 17.8 Å². The van der Waals surface area contributed by atoms with Crippen LogP contribution in [0, 0.1) is 5.82 Å². The number of hydrogen-bond donors (Lipinski definition) is 0. The monoisotopic (exact) mass is 452 g/mol. The molecular formula is C22H21FN6O2S. The van der Waals surface area contributed by atoms with Gasteiger partial charge >= 0.3 is 0 Å². The van der Waals surface area contributed by atoms with Crippen LogP contribution in [0.1, 0.15) is 32.9 Å². The van der Waals surface area contributed by atoms with E-state index in [1.165, 1.54) is 18.4 Å². The smallest absolute Gasteiger partial charge is 0.289 e. The average molecular weight is 453 g/mol. The fourth-order valence-corrected chi connectivity index (χ4v) is 4.66. The minimum atomic E-state index is -0.292. The quantitative estimate of drug-likeness (QED) is 0.447. The molecule has 0 spiro atoms. The second-order valence-electron chi connectivity index (χ2n) is 7.53. The number of thiophene rings is 1. The third-order valence-corrected chi connectivity index (χ3v) is 6.44. The fraction of sp³-hybridized carbons (Fsp3) is 0.273. The molecule has 3 aromatic heterocycles. The molecule has 164 valence electrons. The molecule has 1 aliphatic rings. The lowest BCUT2D eigenvalue weighted by molar-refractivity contribution is 0.0559. The number of piperazine rings is 1. The van der Waals surface area contributed by atoms with Crippen molar-refractivity contribution in [3.05, 3.63) is 88.0 Å². The van der Waals surface area contributed by atoms with Crippen molar-refractivity contribution in [1.29, 1.82) is 0 Å². The van der Waals surface area contributed by atoms with Crippen LogP contribution in [0.25, 0.3) is 0 Å². The van der Waals surface area contributed by atoms with Gasteiger partial charge in [-0.3, -0.25) is 9.69 Å². The van der Waals surface area contributed by atoms with Gasteiger partial charge in [0, 0.05) is 31.1 Å². The van der Waals surface area contributed by atoms with E-state index in [1.54, 1.807) is 45.2 Å². The number of rotatable bonds is 6. The number of tetrazole rings is 1. The lowest BCUT2D eigenvalue weighted by Gasteiger charge is -2.38. The van der Waals surface area contributed by atoms with Crippen LogP contribution in [0.2, 0.25) is 0 Å². The number of benzene rings is 1. The van der Waals surface area contributed by atoms with Crippen molar-refractivity contribution in [2.45, 2.75) is 12.6 Å². The van der Waals surface area contributed by atoms with Gasteiger partial charge in [-0.25, -0.2) is 9.07 Å². The van der Waals surface area contributed by atoms with Crippen LogP contribution in [-0.4, -0.2) is 62.1 Å². The van der Waals surface area contributed by atoms with Gasteiger partial charge in [-0.05, 0) is 51.7 Å². The molecule has 0 aliphatic carbocycles. The van der Waals surface area contributed by atoms with Gasteiger partial charge in [-0.1, -0.05) is 18.2 Å². The van der Waals surface area contributed by atoms with E-state index in [1.807, 2.05) is 17.5 Å². The van der Waals surface area contributed by atoms with Gasteiger partial charge in [0.2, 0.25) is 0 Å². The highest BCUT2D eigenvalue weighted by Gasteiger charge is 2.32. The Labute approximate surface area is 187 Å². The fourth-order valence-electron chi connectivity index (χ4n) is 3.98. The maximum Gasteiger partial charge on any atom is 0.289 e. The zero-order valence-corrected chi connectivity index (χ0v) is 18.0. The Morgan fingerprint density at radius 3 is 2.59 bits per heavy atom. The Balaban J connectivity index is 1.40. The number of halogens is 1. The van der Waals surface area contributed by atoms with Gasteiger partial charge in [0.25, 0.3) is 5.91 Å². The summed E-state index contributed by atoms with van der Waals surface area (Å²) >= 11 is 1.64. The molecule has 1 amide bonds. The Bertz CT molecular complexity index is 1150. The van der Waals surface area contributed by atoms with E-state index < -0.39 is 0 Å². The number of furan rings is 1. The van der Waals surface area contributed by atoms with E-state index in [2.05, 4.69) is 20.4 Å². The molecule has 0 saturated carbocycles. The summed E-state index contributed by atoms with van der Waals surface area (Å²) < 4.78 is 20.7. The number of amides is 1. The van der Waals surface area contributed by atoms with Crippen molar-refractivity contribution in [2.75, 3.05) is 26.2 Å². The first-order valence-electron chi connectivity index (χ1n) is 10.3. The highest BCUT2D eigenvalue weighted by atomic mass is 32.1. The summed E-state index contributed by atoms with van der Waals surface area (Å²) in [7, 11) is 0. The molecule has 32 heavy (non-hydrogen) atoms. The summed E-state index contributed by atoms with van der Waals surface area (Å²) in [5, 5.41) is 14.5. The minimum absolute atomic E-state index is 0.115. The van der Waals surface area contributed by atoms with Gasteiger partial charge in [0.1, 0.15) is 5.82 Å². The summed E-state index contributed by atoms with van der Waals surface area (Å²) in [5.41, 5.74) is 0.902. The van der Waals surface area contributed by atoms with E-state index in [0.717, 1.165) is 10.4 Å². The number of carbonyl (C=O) groups is 1. The molecule has 10 heteroatoms. The van der Waals surface area contributed by atoms with Crippen molar-refractivity contribution < 1.29 is 13.6 Å². The van der Waals surface area contributed by atoms with Crippen LogP contribution >= 0.6 is 11.3 Å². The maximum atomic E-state index is 13.6. The number of carbonyl (C=O) groups excluding carboxylic acids is 1. The largest absolute Gasteiger partial charge is 0.459 e. The van der Waals surface area contributed by atoms with Crippen LogP contribution in [0.4, 0.5) is 4.39 Å². The van der Waals surface area contributed by atoms with Gasteiger partial charge < -0.3 is 9.32 Å². The molecule has 1 fully saturated rings. The molecule has 5 rings (SSSR count). The van der Waals surface area contributed by atoms with E-state index in [0.29, 0.717) is 44.3 Å². The van der Waals surface area contributed by atoms with Gasteiger partial charge in [-0.2, -0.15) is 0 Å². The standard InChI is InChI=1S/C22H21FN6O2S/c23-17-7-5-16(6-8-17)20(21-24-25-26-29(21)15-18-3-2-14-32-18)27-9-11-28(12-10-27)22(30)19-4-1-13-31-19/h1-8,13-14,20H,9-12,15H2/t20-/m1/s1. The zero-order chi connectivity index (χ0) is 21.9. The Morgan fingerprint density at radius 1 is 1.09 bits per heavy atom. The lowest BCUT2D eigenvalue weighted by atomic mass is 10.0. The molecular weight excluding hydrogens is 431 g/mol. The van der Waals surface area contributed by atoms with E-state index in [9.17, 15) is 9.18 Å². The summed E-state index contributed by atoms with van der Waals surface area (Å²) in [6, 6.07) is 13.6. The van der Waals surface area contributed by atoms with Crippen LogP contribution in [0.15, 0.2) is 64.6 Å². The highest BCUT2D eigenvalue weighted by Crippen LogP contribution is 2.29. The second-order valence-corrected chi connectivity index (χ2v) is 8.57. The molecule has 0 radical (unpaired) electrons. The third kappa shape index (κ3) is 4.19. The second kappa shape index (κ2) is 9.01. The first-order valence-corrected chi connectivity index (χ1v) is 11.2. The van der Waals surface area contributed by atoms with Crippen molar-refractivity contribution in [1.82, 2.24) is 30.0 Å². The maximum absolute atomic E-state index is 13.6.